The van der Waals surface area contributed by atoms with Crippen molar-refractivity contribution >= 4 is 17.3 Å². The highest BCUT2D eigenvalue weighted by Crippen LogP contribution is 2.22. The Balaban J connectivity index is 1.94. The number of nitrogen functional groups attached to an aromatic ring is 1. The zero-order chi connectivity index (χ0) is 13.8. The summed E-state index contributed by atoms with van der Waals surface area (Å²) in [5, 5.41) is 12.2. The Kier molecular flexibility index (Phi) is 4.27. The molecular formula is C14H21N3O2. The van der Waals surface area contributed by atoms with Crippen molar-refractivity contribution in [2.75, 3.05) is 37.7 Å². The Hall–Kier alpha value is -1.75. The summed E-state index contributed by atoms with van der Waals surface area (Å²) in [6.45, 7) is 3.15. The van der Waals surface area contributed by atoms with Gasteiger partial charge in [-0.05, 0) is 50.6 Å². The van der Waals surface area contributed by atoms with E-state index < -0.39 is 5.97 Å². The number of piperidine rings is 1. The van der Waals surface area contributed by atoms with Crippen LogP contribution >= 0.6 is 0 Å². The summed E-state index contributed by atoms with van der Waals surface area (Å²) in [6, 6.07) is 4.82. The SMILES string of the molecule is CN1CCCC(CNc2ccc(C(=O)O)cc2N)C1. The Labute approximate surface area is 113 Å². The molecular weight excluding hydrogens is 242 g/mol. The average molecular weight is 263 g/mol. The van der Waals surface area contributed by atoms with Crippen molar-refractivity contribution in [3.05, 3.63) is 23.8 Å². The molecule has 1 aliphatic heterocycles. The monoisotopic (exact) mass is 263 g/mol. The molecule has 5 nitrogen and oxygen atoms in total. The second-order valence-corrected chi connectivity index (χ2v) is 5.26. The topological polar surface area (TPSA) is 78.6 Å². The summed E-state index contributed by atoms with van der Waals surface area (Å²) in [4.78, 5) is 13.2. The van der Waals surface area contributed by atoms with Crippen LogP contribution in [-0.2, 0) is 0 Å². The average Bonchev–Trinajstić information content (AvgIpc) is 2.37. The standard InChI is InChI=1S/C14H21N3O2/c1-17-6-2-3-10(9-17)8-16-13-5-4-11(14(18)19)7-12(13)15/h4-5,7,10,16H,2-3,6,8-9,15H2,1H3,(H,18,19). The van der Waals surface area contributed by atoms with Crippen LogP contribution in [0.3, 0.4) is 0 Å². The summed E-state index contributed by atoms with van der Waals surface area (Å²) in [5.41, 5.74) is 7.40. The van der Waals surface area contributed by atoms with Crippen molar-refractivity contribution in [3.63, 3.8) is 0 Å². The first-order valence-corrected chi connectivity index (χ1v) is 6.61. The van der Waals surface area contributed by atoms with Crippen LogP contribution in [0, 0.1) is 5.92 Å². The van der Waals surface area contributed by atoms with Gasteiger partial charge in [0, 0.05) is 13.1 Å². The zero-order valence-corrected chi connectivity index (χ0v) is 11.2. The number of aromatic carboxylic acids is 1. The summed E-state index contributed by atoms with van der Waals surface area (Å²) >= 11 is 0. The first-order valence-electron chi connectivity index (χ1n) is 6.61. The Bertz CT molecular complexity index is 462. The van der Waals surface area contributed by atoms with E-state index in [4.69, 9.17) is 10.8 Å². The van der Waals surface area contributed by atoms with E-state index in [1.54, 1.807) is 12.1 Å². The van der Waals surface area contributed by atoms with Gasteiger partial charge in [-0.3, -0.25) is 0 Å². The normalized spacial score (nSPS) is 20.2. The van der Waals surface area contributed by atoms with Crippen molar-refractivity contribution < 1.29 is 9.90 Å². The first kappa shape index (κ1) is 13.7. The third-order valence-corrected chi connectivity index (χ3v) is 3.60. The smallest absolute Gasteiger partial charge is 0.335 e. The lowest BCUT2D eigenvalue weighted by atomic mass is 9.98. The number of nitrogens with one attached hydrogen (secondary N) is 1. The minimum Gasteiger partial charge on any atom is -0.478 e. The minimum atomic E-state index is -0.952. The molecule has 4 N–H and O–H groups in total. The number of hydrogen-bond donors (Lipinski definition) is 3. The van der Waals surface area contributed by atoms with Crippen molar-refractivity contribution in [1.29, 1.82) is 0 Å². The van der Waals surface area contributed by atoms with Gasteiger partial charge in [-0.25, -0.2) is 4.79 Å². The minimum absolute atomic E-state index is 0.223. The molecule has 1 atom stereocenters. The third kappa shape index (κ3) is 3.61. The molecule has 0 spiro atoms. The Morgan fingerprint density at radius 3 is 3.00 bits per heavy atom. The molecule has 0 aromatic heterocycles. The zero-order valence-electron chi connectivity index (χ0n) is 11.2. The number of anilines is 2. The van der Waals surface area contributed by atoms with Crippen LogP contribution < -0.4 is 11.1 Å². The van der Waals surface area contributed by atoms with Gasteiger partial charge in [0.25, 0.3) is 0 Å². The fraction of sp³-hybridized carbons (Fsp3) is 0.500. The molecule has 0 saturated carbocycles. The maximum atomic E-state index is 10.8. The van der Waals surface area contributed by atoms with Gasteiger partial charge in [0.15, 0.2) is 0 Å². The highest BCUT2D eigenvalue weighted by atomic mass is 16.4. The molecule has 1 aliphatic rings. The van der Waals surface area contributed by atoms with E-state index in [0.29, 0.717) is 11.6 Å². The molecule has 1 heterocycles. The van der Waals surface area contributed by atoms with Gasteiger partial charge >= 0.3 is 5.97 Å². The van der Waals surface area contributed by atoms with Gasteiger partial charge in [-0.2, -0.15) is 0 Å². The summed E-state index contributed by atoms with van der Waals surface area (Å²) in [7, 11) is 2.14. The van der Waals surface area contributed by atoms with E-state index in [9.17, 15) is 4.79 Å². The summed E-state index contributed by atoms with van der Waals surface area (Å²) < 4.78 is 0. The maximum absolute atomic E-state index is 10.8. The molecule has 1 aromatic carbocycles. The second kappa shape index (κ2) is 5.93. The van der Waals surface area contributed by atoms with Gasteiger partial charge < -0.3 is 21.1 Å². The fourth-order valence-corrected chi connectivity index (χ4v) is 2.55. The number of nitrogens with two attached hydrogens (primary N) is 1. The molecule has 104 valence electrons. The molecule has 1 unspecified atom stereocenters. The van der Waals surface area contributed by atoms with E-state index in [1.807, 2.05) is 0 Å². The number of benzene rings is 1. The molecule has 1 aromatic rings. The van der Waals surface area contributed by atoms with Crippen LogP contribution in [0.1, 0.15) is 23.2 Å². The van der Waals surface area contributed by atoms with Crippen molar-refractivity contribution in [1.82, 2.24) is 4.90 Å². The van der Waals surface area contributed by atoms with Crippen LogP contribution in [0.25, 0.3) is 0 Å². The number of rotatable bonds is 4. The van der Waals surface area contributed by atoms with Crippen molar-refractivity contribution in [2.24, 2.45) is 5.92 Å². The molecule has 2 rings (SSSR count). The molecule has 1 fully saturated rings. The lowest BCUT2D eigenvalue weighted by Gasteiger charge is -2.30. The van der Waals surface area contributed by atoms with Crippen molar-refractivity contribution in [2.45, 2.75) is 12.8 Å². The largest absolute Gasteiger partial charge is 0.478 e. The first-order chi connectivity index (χ1) is 9.06. The van der Waals surface area contributed by atoms with Crippen LogP contribution in [0.2, 0.25) is 0 Å². The summed E-state index contributed by atoms with van der Waals surface area (Å²) in [5.74, 6) is -0.329. The highest BCUT2D eigenvalue weighted by Gasteiger charge is 2.17. The second-order valence-electron chi connectivity index (χ2n) is 5.26. The molecule has 19 heavy (non-hydrogen) atoms. The predicted molar refractivity (Wildman–Crippen MR) is 76.5 cm³/mol. The highest BCUT2D eigenvalue weighted by molar-refractivity contribution is 5.90. The fourth-order valence-electron chi connectivity index (χ4n) is 2.55. The van der Waals surface area contributed by atoms with Gasteiger partial charge in [0.05, 0.1) is 16.9 Å². The van der Waals surface area contributed by atoms with Crippen molar-refractivity contribution in [3.8, 4) is 0 Å². The summed E-state index contributed by atoms with van der Waals surface area (Å²) in [6.07, 6.45) is 2.46. The van der Waals surface area contributed by atoms with E-state index in [0.717, 1.165) is 18.8 Å². The van der Waals surface area contributed by atoms with E-state index in [1.165, 1.54) is 25.5 Å². The number of hydrogen-bond acceptors (Lipinski definition) is 4. The predicted octanol–water partition coefficient (Wildman–Crippen LogP) is 1.72. The van der Waals surface area contributed by atoms with Crippen LogP contribution in [-0.4, -0.2) is 42.7 Å². The van der Waals surface area contributed by atoms with E-state index in [2.05, 4.69) is 17.3 Å². The molecule has 1 saturated heterocycles. The number of carboxylic acid groups (broad SMARTS) is 1. The van der Waals surface area contributed by atoms with E-state index in [-0.39, 0.29) is 5.56 Å². The van der Waals surface area contributed by atoms with Gasteiger partial charge in [-0.1, -0.05) is 0 Å². The van der Waals surface area contributed by atoms with Crippen LogP contribution in [0.5, 0.6) is 0 Å². The molecule has 5 heteroatoms. The molecule has 0 amide bonds. The number of nitrogens with zero attached hydrogens (tertiary/aromatic N) is 1. The third-order valence-electron chi connectivity index (χ3n) is 3.60. The lowest BCUT2D eigenvalue weighted by molar-refractivity contribution is 0.0697. The number of carboxylic acids is 1. The number of carbonyl (C=O) groups is 1. The quantitative estimate of drug-likeness (QED) is 0.721. The molecule has 0 radical (unpaired) electrons. The Morgan fingerprint density at radius 1 is 1.58 bits per heavy atom. The lowest BCUT2D eigenvalue weighted by Crippen LogP contribution is -2.35. The number of likely N-dealkylation sites (tertiary alicyclic amines) is 1. The van der Waals surface area contributed by atoms with E-state index >= 15 is 0 Å². The van der Waals surface area contributed by atoms with Gasteiger partial charge in [0.2, 0.25) is 0 Å². The molecule has 0 aliphatic carbocycles. The van der Waals surface area contributed by atoms with Crippen LogP contribution in [0.15, 0.2) is 18.2 Å². The van der Waals surface area contributed by atoms with Gasteiger partial charge in [-0.15, -0.1) is 0 Å². The molecule has 0 bridgehead atoms. The van der Waals surface area contributed by atoms with Gasteiger partial charge in [0.1, 0.15) is 0 Å². The Morgan fingerprint density at radius 2 is 2.37 bits per heavy atom. The maximum Gasteiger partial charge on any atom is 0.335 e. The van der Waals surface area contributed by atoms with Crippen LogP contribution in [0.4, 0.5) is 11.4 Å².